The fraction of sp³-hybridized carbons (Fsp3) is 0.341. The van der Waals surface area contributed by atoms with Gasteiger partial charge in [-0.1, -0.05) is 130 Å². The summed E-state index contributed by atoms with van der Waals surface area (Å²) in [7, 11) is 0. The lowest BCUT2D eigenvalue weighted by molar-refractivity contribution is -0.126. The molecule has 250 valence electrons. The number of allylic oxidation sites excluding steroid dienone is 2. The third-order valence-corrected chi connectivity index (χ3v) is 9.00. The van der Waals surface area contributed by atoms with Crippen LogP contribution in [-0.4, -0.2) is 41.8 Å². The minimum absolute atomic E-state index is 0.0337. The summed E-state index contributed by atoms with van der Waals surface area (Å²) in [5.41, 5.74) is 4.98. The molecule has 0 aliphatic carbocycles. The number of para-hydroxylation sites is 1. The molecule has 1 aromatic heterocycles. The van der Waals surface area contributed by atoms with Crippen LogP contribution < -0.4 is 16.0 Å². The Labute approximate surface area is 284 Å². The average Bonchev–Trinajstić information content (AvgIpc) is 3.52. The molecule has 0 saturated carbocycles. The van der Waals surface area contributed by atoms with Gasteiger partial charge in [0.15, 0.2) is 0 Å². The van der Waals surface area contributed by atoms with E-state index >= 15 is 0 Å². The standard InChI is InChI=1S/C41H48N4O3/c46-39-24-14-6-4-2-1-3-5-7-17-27-42-41(48)38(28-34-30-43-37-23-16-15-22-35(34)37)45-40(47)36(32-20-12-9-13-21-32)26-25-33(29-44-39)31-18-10-8-11-19-31/h8-13,15-16,18-23,25-26,30,38,43H,1-7,14,17,24,27-29H2,(H,42,48)(H,44,46)(H,45,47)/b33-25+,36-26-/t38-/m0/s1. The van der Waals surface area contributed by atoms with Gasteiger partial charge in [-0.2, -0.15) is 0 Å². The molecule has 2 heterocycles. The predicted molar refractivity (Wildman–Crippen MR) is 195 cm³/mol. The number of carbonyl (C=O) groups excluding carboxylic acids is 3. The second-order valence-electron chi connectivity index (χ2n) is 12.6. The number of amides is 3. The van der Waals surface area contributed by atoms with Gasteiger partial charge in [0.1, 0.15) is 6.04 Å². The van der Waals surface area contributed by atoms with E-state index in [0.29, 0.717) is 31.5 Å². The molecule has 4 aromatic rings. The molecule has 4 N–H and O–H groups in total. The summed E-state index contributed by atoms with van der Waals surface area (Å²) >= 11 is 0. The first-order valence-corrected chi connectivity index (χ1v) is 17.5. The van der Waals surface area contributed by atoms with Crippen LogP contribution in [0.25, 0.3) is 22.0 Å². The molecule has 7 heteroatoms. The average molecular weight is 645 g/mol. The maximum atomic E-state index is 14.2. The molecule has 3 aromatic carbocycles. The highest BCUT2D eigenvalue weighted by Crippen LogP contribution is 2.22. The van der Waals surface area contributed by atoms with Gasteiger partial charge in [-0.15, -0.1) is 0 Å². The second-order valence-corrected chi connectivity index (χ2v) is 12.6. The molecule has 1 atom stereocenters. The molecular formula is C41H48N4O3. The lowest BCUT2D eigenvalue weighted by Crippen LogP contribution is -2.48. The Bertz CT molecular complexity index is 1690. The van der Waals surface area contributed by atoms with Crippen LogP contribution in [0.15, 0.2) is 103 Å². The lowest BCUT2D eigenvalue weighted by atomic mass is 10.00. The first-order valence-electron chi connectivity index (χ1n) is 17.5. The van der Waals surface area contributed by atoms with Gasteiger partial charge >= 0.3 is 0 Å². The number of aromatic nitrogens is 1. The van der Waals surface area contributed by atoms with E-state index in [1.807, 2.05) is 97.2 Å². The summed E-state index contributed by atoms with van der Waals surface area (Å²) in [6, 6.07) is 26.6. The topological polar surface area (TPSA) is 103 Å². The number of H-pyrrole nitrogens is 1. The van der Waals surface area contributed by atoms with Crippen LogP contribution in [0.1, 0.15) is 80.9 Å². The summed E-state index contributed by atoms with van der Waals surface area (Å²) in [5, 5.41) is 10.3. The Morgan fingerprint density at radius 3 is 1.98 bits per heavy atom. The van der Waals surface area contributed by atoms with Crippen LogP contribution in [0.3, 0.4) is 0 Å². The predicted octanol–water partition coefficient (Wildman–Crippen LogP) is 7.51. The molecule has 0 unspecified atom stereocenters. The van der Waals surface area contributed by atoms with E-state index in [1.165, 1.54) is 19.3 Å². The number of nitrogens with one attached hydrogen (secondary N) is 4. The largest absolute Gasteiger partial charge is 0.361 e. The monoisotopic (exact) mass is 644 g/mol. The van der Waals surface area contributed by atoms with Crippen molar-refractivity contribution < 1.29 is 14.4 Å². The van der Waals surface area contributed by atoms with Gasteiger partial charge in [-0.25, -0.2) is 0 Å². The molecule has 1 aliphatic heterocycles. The number of fused-ring (bicyclic) bond motifs is 1. The van der Waals surface area contributed by atoms with Crippen molar-refractivity contribution in [2.45, 2.75) is 76.7 Å². The van der Waals surface area contributed by atoms with Gasteiger partial charge in [0.05, 0.1) is 0 Å². The van der Waals surface area contributed by atoms with E-state index < -0.39 is 6.04 Å². The van der Waals surface area contributed by atoms with Crippen molar-refractivity contribution in [3.63, 3.8) is 0 Å². The molecule has 0 spiro atoms. The van der Waals surface area contributed by atoms with Crippen LogP contribution in [0.4, 0.5) is 0 Å². The first-order chi connectivity index (χ1) is 23.6. The SMILES string of the molecule is O=C1CCCCCCCCCCCNC(=O)[C@H](Cc2c[nH]c3ccccc23)NC(=O)/C(c2ccccc2)=C\C=C(\c2ccccc2)CN1. The zero-order chi connectivity index (χ0) is 33.4. The Hall–Kier alpha value is -4.91. The molecular weight excluding hydrogens is 596 g/mol. The lowest BCUT2D eigenvalue weighted by Gasteiger charge is -2.20. The highest BCUT2D eigenvalue weighted by atomic mass is 16.2. The Kier molecular flexibility index (Phi) is 13.2. The fourth-order valence-electron chi connectivity index (χ4n) is 6.24. The van der Waals surface area contributed by atoms with Crippen molar-refractivity contribution in [2.75, 3.05) is 13.1 Å². The maximum Gasteiger partial charge on any atom is 0.252 e. The van der Waals surface area contributed by atoms with Crippen LogP contribution >= 0.6 is 0 Å². The zero-order valence-electron chi connectivity index (χ0n) is 27.8. The minimum Gasteiger partial charge on any atom is -0.361 e. The van der Waals surface area contributed by atoms with Gasteiger partial charge in [-0.3, -0.25) is 14.4 Å². The molecule has 48 heavy (non-hydrogen) atoms. The molecule has 3 amide bonds. The van der Waals surface area contributed by atoms with E-state index in [9.17, 15) is 14.4 Å². The Morgan fingerprint density at radius 1 is 0.625 bits per heavy atom. The van der Waals surface area contributed by atoms with E-state index in [1.54, 1.807) is 6.08 Å². The van der Waals surface area contributed by atoms with Crippen molar-refractivity contribution >= 4 is 39.8 Å². The van der Waals surface area contributed by atoms with Gasteiger partial charge in [0.2, 0.25) is 11.8 Å². The van der Waals surface area contributed by atoms with Crippen molar-refractivity contribution in [1.82, 2.24) is 20.9 Å². The van der Waals surface area contributed by atoms with Crippen LogP contribution in [-0.2, 0) is 20.8 Å². The number of hydrogen-bond donors (Lipinski definition) is 4. The van der Waals surface area contributed by atoms with Crippen molar-refractivity contribution in [3.8, 4) is 0 Å². The quantitative estimate of drug-likeness (QED) is 0.185. The van der Waals surface area contributed by atoms with Crippen molar-refractivity contribution in [1.29, 1.82) is 0 Å². The van der Waals surface area contributed by atoms with E-state index in [4.69, 9.17) is 0 Å². The highest BCUT2D eigenvalue weighted by molar-refractivity contribution is 6.20. The molecule has 1 aliphatic rings. The molecule has 0 fully saturated rings. The molecule has 0 saturated heterocycles. The summed E-state index contributed by atoms with van der Waals surface area (Å²) in [5.74, 6) is -0.499. The van der Waals surface area contributed by atoms with Gasteiger partial charge in [0, 0.05) is 48.6 Å². The number of carbonyl (C=O) groups is 3. The first kappa shape index (κ1) is 34.4. The fourth-order valence-corrected chi connectivity index (χ4v) is 6.24. The molecule has 7 nitrogen and oxygen atoms in total. The number of benzene rings is 3. The Morgan fingerprint density at radius 2 is 1.25 bits per heavy atom. The maximum absolute atomic E-state index is 14.2. The van der Waals surface area contributed by atoms with Gasteiger partial charge in [0.25, 0.3) is 5.91 Å². The summed E-state index contributed by atoms with van der Waals surface area (Å²) in [6.07, 6.45) is 16.2. The van der Waals surface area contributed by atoms with E-state index in [0.717, 1.165) is 71.7 Å². The number of rotatable bonds is 4. The van der Waals surface area contributed by atoms with Crippen LogP contribution in [0.2, 0.25) is 0 Å². The van der Waals surface area contributed by atoms with Crippen LogP contribution in [0, 0.1) is 0 Å². The molecule has 0 bridgehead atoms. The number of hydrogen-bond acceptors (Lipinski definition) is 3. The second kappa shape index (κ2) is 18.4. The highest BCUT2D eigenvalue weighted by Gasteiger charge is 2.24. The third-order valence-electron chi connectivity index (χ3n) is 9.00. The van der Waals surface area contributed by atoms with Gasteiger partial charge in [-0.05, 0) is 47.2 Å². The number of aromatic amines is 1. The van der Waals surface area contributed by atoms with Crippen molar-refractivity contribution in [2.24, 2.45) is 0 Å². The summed E-state index contributed by atoms with van der Waals surface area (Å²) < 4.78 is 0. The van der Waals surface area contributed by atoms with Crippen molar-refractivity contribution in [3.05, 3.63) is 120 Å². The Balaban J connectivity index is 1.46. The van der Waals surface area contributed by atoms with E-state index in [-0.39, 0.29) is 17.7 Å². The smallest absolute Gasteiger partial charge is 0.252 e. The summed E-state index contributed by atoms with van der Waals surface area (Å²) in [4.78, 5) is 44.0. The summed E-state index contributed by atoms with van der Waals surface area (Å²) in [6.45, 7) is 0.916. The van der Waals surface area contributed by atoms with Gasteiger partial charge < -0.3 is 20.9 Å². The minimum atomic E-state index is -0.776. The molecule has 5 rings (SSSR count). The van der Waals surface area contributed by atoms with Crippen LogP contribution in [0.5, 0.6) is 0 Å². The normalized spacial score (nSPS) is 20.8. The molecule has 0 radical (unpaired) electrons. The zero-order valence-corrected chi connectivity index (χ0v) is 27.8. The third kappa shape index (κ3) is 10.3. The van der Waals surface area contributed by atoms with E-state index in [2.05, 4.69) is 20.9 Å².